The van der Waals surface area contributed by atoms with Crippen molar-refractivity contribution in [1.29, 1.82) is 0 Å². The van der Waals surface area contributed by atoms with Crippen LogP contribution in [-0.2, 0) is 9.53 Å². The molecule has 2 rings (SSSR count). The van der Waals surface area contributed by atoms with E-state index < -0.39 is 5.54 Å². The Bertz CT molecular complexity index is 481. The Morgan fingerprint density at radius 1 is 1.60 bits per heavy atom. The molecule has 0 spiro atoms. The van der Waals surface area contributed by atoms with Gasteiger partial charge in [0.1, 0.15) is 5.54 Å². The van der Waals surface area contributed by atoms with E-state index in [1.165, 1.54) is 7.11 Å². The van der Waals surface area contributed by atoms with Crippen LogP contribution in [0.3, 0.4) is 0 Å². The lowest BCUT2D eigenvalue weighted by molar-refractivity contribution is -0.149. The monoisotopic (exact) mass is 296 g/mol. The summed E-state index contributed by atoms with van der Waals surface area (Å²) in [6.45, 7) is 3.69. The fraction of sp³-hybridized carbons (Fsp3) is 0.533. The number of ether oxygens (including phenoxy) is 1. The molecule has 1 aliphatic heterocycles. The highest BCUT2D eigenvalue weighted by Gasteiger charge is 2.47. The number of carbonyl (C=O) groups excluding carboxylic acids is 1. The first-order chi connectivity index (χ1) is 9.62. The molecule has 1 fully saturated rings. The summed E-state index contributed by atoms with van der Waals surface area (Å²) in [6.07, 6.45) is 1.60. The van der Waals surface area contributed by atoms with Crippen LogP contribution in [0.4, 0.5) is 5.69 Å². The zero-order valence-electron chi connectivity index (χ0n) is 11.9. The van der Waals surface area contributed by atoms with Crippen molar-refractivity contribution < 1.29 is 9.53 Å². The van der Waals surface area contributed by atoms with Crippen LogP contribution in [0.1, 0.15) is 19.8 Å². The molecule has 110 valence electrons. The highest BCUT2D eigenvalue weighted by Crippen LogP contribution is 2.33. The van der Waals surface area contributed by atoms with E-state index in [4.69, 9.17) is 16.3 Å². The summed E-state index contributed by atoms with van der Waals surface area (Å²) in [4.78, 5) is 12.4. The molecule has 0 aliphatic carbocycles. The standard InChI is InChI=1S/C15H21ClN2O2/c1-3-11-10-17-8-7-15(11,14(19)20-2)18-13-6-4-5-12(16)9-13/h4-6,9,11,17-18H,3,7-8,10H2,1-2H3. The molecular formula is C15H21ClN2O2. The molecule has 2 unspecified atom stereocenters. The molecule has 0 bridgehead atoms. The second-order valence-corrected chi connectivity index (χ2v) is 5.59. The van der Waals surface area contributed by atoms with Crippen molar-refractivity contribution in [3.8, 4) is 0 Å². The number of halogens is 1. The number of hydrogen-bond acceptors (Lipinski definition) is 4. The van der Waals surface area contributed by atoms with Crippen LogP contribution in [0, 0.1) is 5.92 Å². The Balaban J connectivity index is 2.33. The van der Waals surface area contributed by atoms with Crippen molar-refractivity contribution in [2.75, 3.05) is 25.5 Å². The number of piperidine rings is 1. The van der Waals surface area contributed by atoms with Crippen molar-refractivity contribution >= 4 is 23.3 Å². The zero-order valence-corrected chi connectivity index (χ0v) is 12.7. The fourth-order valence-corrected chi connectivity index (χ4v) is 3.11. The van der Waals surface area contributed by atoms with Crippen molar-refractivity contribution in [3.63, 3.8) is 0 Å². The predicted molar refractivity (Wildman–Crippen MR) is 81.1 cm³/mol. The lowest BCUT2D eigenvalue weighted by Crippen LogP contribution is -2.60. The minimum atomic E-state index is -0.681. The average Bonchev–Trinajstić information content (AvgIpc) is 2.46. The Morgan fingerprint density at radius 3 is 3.05 bits per heavy atom. The van der Waals surface area contributed by atoms with Gasteiger partial charge in [0.05, 0.1) is 7.11 Å². The van der Waals surface area contributed by atoms with Gasteiger partial charge in [0, 0.05) is 23.2 Å². The molecule has 20 heavy (non-hydrogen) atoms. The molecule has 0 aromatic heterocycles. The fourth-order valence-electron chi connectivity index (χ4n) is 2.92. The highest BCUT2D eigenvalue weighted by atomic mass is 35.5. The maximum Gasteiger partial charge on any atom is 0.331 e. The van der Waals surface area contributed by atoms with E-state index in [0.29, 0.717) is 11.4 Å². The first-order valence-corrected chi connectivity index (χ1v) is 7.33. The van der Waals surface area contributed by atoms with Crippen LogP contribution < -0.4 is 10.6 Å². The van der Waals surface area contributed by atoms with Crippen LogP contribution >= 0.6 is 11.6 Å². The van der Waals surface area contributed by atoms with Crippen LogP contribution in [0.5, 0.6) is 0 Å². The lowest BCUT2D eigenvalue weighted by Gasteiger charge is -2.43. The van der Waals surface area contributed by atoms with Crippen molar-refractivity contribution in [2.24, 2.45) is 5.92 Å². The van der Waals surface area contributed by atoms with E-state index in [-0.39, 0.29) is 11.9 Å². The topological polar surface area (TPSA) is 50.4 Å². The molecular weight excluding hydrogens is 276 g/mol. The molecule has 5 heteroatoms. The third-order valence-electron chi connectivity index (χ3n) is 4.02. The number of anilines is 1. The van der Waals surface area contributed by atoms with Gasteiger partial charge in [0.2, 0.25) is 0 Å². The molecule has 1 aliphatic rings. The minimum absolute atomic E-state index is 0.183. The first-order valence-electron chi connectivity index (χ1n) is 6.95. The van der Waals surface area contributed by atoms with Gasteiger partial charge < -0.3 is 15.4 Å². The molecule has 1 saturated heterocycles. The summed E-state index contributed by atoms with van der Waals surface area (Å²) in [5.74, 6) is -0.0199. The van der Waals surface area contributed by atoms with Gasteiger partial charge >= 0.3 is 5.97 Å². The second kappa shape index (κ2) is 6.46. The number of hydrogen-bond donors (Lipinski definition) is 2. The lowest BCUT2D eigenvalue weighted by atomic mass is 9.76. The number of benzene rings is 1. The van der Waals surface area contributed by atoms with Gasteiger partial charge in [-0.3, -0.25) is 0 Å². The van der Waals surface area contributed by atoms with Crippen molar-refractivity contribution in [1.82, 2.24) is 5.32 Å². The normalized spacial score (nSPS) is 26.1. The third-order valence-corrected chi connectivity index (χ3v) is 4.25. The van der Waals surface area contributed by atoms with Gasteiger partial charge in [-0.25, -0.2) is 4.79 Å². The summed E-state index contributed by atoms with van der Waals surface area (Å²) >= 11 is 6.02. The molecule has 2 atom stereocenters. The molecule has 2 N–H and O–H groups in total. The number of methoxy groups -OCH3 is 1. The Kier molecular flexibility index (Phi) is 4.89. The average molecular weight is 297 g/mol. The maximum atomic E-state index is 12.4. The summed E-state index contributed by atoms with van der Waals surface area (Å²) in [5, 5.41) is 7.38. The van der Waals surface area contributed by atoms with E-state index in [1.807, 2.05) is 24.3 Å². The molecule has 1 aromatic rings. The molecule has 0 amide bonds. The number of esters is 1. The molecule has 0 saturated carbocycles. The van der Waals surface area contributed by atoms with Gasteiger partial charge in [-0.05, 0) is 37.6 Å². The van der Waals surface area contributed by atoms with Gasteiger partial charge in [-0.2, -0.15) is 0 Å². The summed E-state index contributed by atoms with van der Waals surface area (Å²) in [6, 6.07) is 7.45. The van der Waals surface area contributed by atoms with Crippen LogP contribution in [0.25, 0.3) is 0 Å². The molecule has 4 nitrogen and oxygen atoms in total. The predicted octanol–water partition coefficient (Wildman–Crippen LogP) is 2.68. The number of nitrogens with one attached hydrogen (secondary N) is 2. The number of rotatable bonds is 4. The maximum absolute atomic E-state index is 12.4. The molecule has 1 heterocycles. The van der Waals surface area contributed by atoms with Gasteiger partial charge in [0.25, 0.3) is 0 Å². The molecule has 1 aromatic carbocycles. The van der Waals surface area contributed by atoms with Gasteiger partial charge in [-0.15, -0.1) is 0 Å². The highest BCUT2D eigenvalue weighted by molar-refractivity contribution is 6.30. The van der Waals surface area contributed by atoms with Crippen LogP contribution in [-0.4, -0.2) is 31.7 Å². The van der Waals surface area contributed by atoms with Crippen LogP contribution in [0.2, 0.25) is 5.02 Å². The minimum Gasteiger partial charge on any atom is -0.467 e. The second-order valence-electron chi connectivity index (χ2n) is 5.16. The SMILES string of the molecule is CCC1CNCCC1(Nc1cccc(Cl)c1)C(=O)OC. The van der Waals surface area contributed by atoms with Crippen molar-refractivity contribution in [3.05, 3.63) is 29.3 Å². The Hall–Kier alpha value is -1.26. The quantitative estimate of drug-likeness (QED) is 0.839. The Labute approximate surface area is 124 Å². The van der Waals surface area contributed by atoms with E-state index in [9.17, 15) is 4.79 Å². The number of carbonyl (C=O) groups is 1. The third kappa shape index (κ3) is 2.91. The summed E-state index contributed by atoms with van der Waals surface area (Å²) < 4.78 is 5.07. The van der Waals surface area contributed by atoms with Gasteiger partial charge in [0.15, 0.2) is 0 Å². The Morgan fingerprint density at radius 2 is 2.40 bits per heavy atom. The van der Waals surface area contributed by atoms with Crippen LogP contribution in [0.15, 0.2) is 24.3 Å². The zero-order chi connectivity index (χ0) is 14.6. The molecule has 0 radical (unpaired) electrons. The van der Waals surface area contributed by atoms with E-state index in [1.54, 1.807) is 0 Å². The summed E-state index contributed by atoms with van der Waals surface area (Å²) in [7, 11) is 1.44. The van der Waals surface area contributed by atoms with E-state index in [2.05, 4.69) is 17.6 Å². The first kappa shape index (κ1) is 15.1. The summed E-state index contributed by atoms with van der Waals surface area (Å²) in [5.41, 5.74) is 0.169. The van der Waals surface area contributed by atoms with E-state index in [0.717, 1.165) is 25.2 Å². The smallest absolute Gasteiger partial charge is 0.331 e. The largest absolute Gasteiger partial charge is 0.467 e. The van der Waals surface area contributed by atoms with Crippen molar-refractivity contribution in [2.45, 2.75) is 25.3 Å². The van der Waals surface area contributed by atoms with Gasteiger partial charge in [-0.1, -0.05) is 24.6 Å². The van der Waals surface area contributed by atoms with E-state index >= 15 is 0 Å².